The van der Waals surface area contributed by atoms with Crippen LogP contribution in [0.3, 0.4) is 0 Å². The number of hydrogen-bond acceptors (Lipinski definition) is 10. The van der Waals surface area contributed by atoms with E-state index in [0.717, 1.165) is 11.5 Å². The first-order valence-electron chi connectivity index (χ1n) is 8.95. The van der Waals surface area contributed by atoms with Crippen LogP contribution in [0.4, 0.5) is 0 Å². The summed E-state index contributed by atoms with van der Waals surface area (Å²) in [5.41, 5.74) is 0. The molecule has 0 aliphatic rings. The lowest BCUT2D eigenvalue weighted by Crippen LogP contribution is -2.53. The van der Waals surface area contributed by atoms with E-state index < -0.39 is 48.3 Å². The fourth-order valence-electron chi connectivity index (χ4n) is 2.50. The van der Waals surface area contributed by atoms with Gasteiger partial charge in [-0.15, -0.1) is 23.5 Å². The summed E-state index contributed by atoms with van der Waals surface area (Å²) < 4.78 is 21.2. The maximum atomic E-state index is 11.8. The molecule has 0 spiro atoms. The Balaban J connectivity index is 6.15. The normalized spacial score (nSPS) is 15.1. The quantitative estimate of drug-likeness (QED) is 0.256. The van der Waals surface area contributed by atoms with Crippen molar-refractivity contribution in [3.05, 3.63) is 0 Å². The zero-order chi connectivity index (χ0) is 21.9. The van der Waals surface area contributed by atoms with Gasteiger partial charge < -0.3 is 18.9 Å². The third kappa shape index (κ3) is 10.2. The summed E-state index contributed by atoms with van der Waals surface area (Å²) in [5, 5.41) is 0. The number of rotatable bonds is 12. The first-order chi connectivity index (χ1) is 13.0. The highest BCUT2D eigenvalue weighted by molar-refractivity contribution is 8.17. The minimum atomic E-state index is -1.15. The first-order valence-corrected chi connectivity index (χ1v) is 11.0. The molecule has 0 N–H and O–H groups in total. The van der Waals surface area contributed by atoms with Gasteiger partial charge >= 0.3 is 23.9 Å². The third-order valence-corrected chi connectivity index (χ3v) is 5.98. The van der Waals surface area contributed by atoms with Crippen molar-refractivity contribution in [1.29, 1.82) is 0 Å². The van der Waals surface area contributed by atoms with E-state index in [2.05, 4.69) is 0 Å². The van der Waals surface area contributed by atoms with E-state index >= 15 is 0 Å². The van der Waals surface area contributed by atoms with Crippen LogP contribution in [0.25, 0.3) is 0 Å². The average molecular weight is 439 g/mol. The monoisotopic (exact) mass is 438 g/mol. The summed E-state index contributed by atoms with van der Waals surface area (Å²) in [6, 6.07) is 0. The summed E-state index contributed by atoms with van der Waals surface area (Å²) in [6.07, 6.45) is -4.14. The Morgan fingerprint density at radius 1 is 0.643 bits per heavy atom. The molecule has 0 aliphatic carbocycles. The van der Waals surface area contributed by atoms with Gasteiger partial charge in [-0.25, -0.2) is 0 Å². The number of hydrogen-bond donors (Lipinski definition) is 0. The Bertz CT molecular complexity index is 534. The van der Waals surface area contributed by atoms with Gasteiger partial charge in [0.05, 0.1) is 4.58 Å². The summed E-state index contributed by atoms with van der Waals surface area (Å²) in [4.78, 5) is 46.7. The van der Waals surface area contributed by atoms with Gasteiger partial charge in [-0.1, -0.05) is 13.8 Å². The van der Waals surface area contributed by atoms with Gasteiger partial charge in [0.2, 0.25) is 0 Å². The predicted octanol–water partition coefficient (Wildman–Crippen LogP) is 2.57. The second-order valence-corrected chi connectivity index (χ2v) is 8.95. The maximum Gasteiger partial charge on any atom is 0.303 e. The SMILES string of the molecule is CCSC(SCC)[C@@H](OC(C)=O)[C@H](OC(C)=O)[C@H](OC(C)=O)[C@H](C)OC(C)=O. The summed E-state index contributed by atoms with van der Waals surface area (Å²) in [6.45, 7) is 10.3. The maximum absolute atomic E-state index is 11.8. The lowest BCUT2D eigenvalue weighted by Gasteiger charge is -2.37. The Labute approximate surface area is 174 Å². The standard InChI is InChI=1S/C18H30O8S2/c1-8-27-18(28-9-2)17(26-14(7)22)16(25-13(6)21)15(24-12(5)20)10(3)23-11(4)19/h10,15-18H,8-9H2,1-7H3/t10-,15+,16+,17-/m0/s1. The molecule has 28 heavy (non-hydrogen) atoms. The van der Waals surface area contributed by atoms with E-state index in [1.165, 1.54) is 58.1 Å². The summed E-state index contributed by atoms with van der Waals surface area (Å²) >= 11 is 3.03. The van der Waals surface area contributed by atoms with Gasteiger partial charge in [0.1, 0.15) is 6.10 Å². The predicted molar refractivity (Wildman–Crippen MR) is 108 cm³/mol. The smallest absolute Gasteiger partial charge is 0.303 e. The molecule has 0 aromatic rings. The fraction of sp³-hybridized carbons (Fsp3) is 0.778. The van der Waals surface area contributed by atoms with Crippen molar-refractivity contribution in [2.45, 2.75) is 77.5 Å². The highest BCUT2D eigenvalue weighted by atomic mass is 32.2. The van der Waals surface area contributed by atoms with Crippen LogP contribution in [0.1, 0.15) is 48.5 Å². The van der Waals surface area contributed by atoms with Crippen molar-refractivity contribution in [2.24, 2.45) is 0 Å². The molecule has 0 bridgehead atoms. The van der Waals surface area contributed by atoms with E-state index in [4.69, 9.17) is 18.9 Å². The number of carbonyl (C=O) groups is 4. The molecule has 8 nitrogen and oxygen atoms in total. The minimum Gasteiger partial charge on any atom is -0.459 e. The molecule has 0 aromatic carbocycles. The molecule has 4 atom stereocenters. The third-order valence-electron chi connectivity index (χ3n) is 3.30. The lowest BCUT2D eigenvalue weighted by atomic mass is 10.0. The summed E-state index contributed by atoms with van der Waals surface area (Å²) in [5.74, 6) is -0.999. The van der Waals surface area contributed by atoms with Crippen molar-refractivity contribution in [3.63, 3.8) is 0 Å². The van der Waals surface area contributed by atoms with E-state index in [-0.39, 0.29) is 4.58 Å². The van der Waals surface area contributed by atoms with Gasteiger partial charge in [-0.2, -0.15) is 0 Å². The molecule has 162 valence electrons. The van der Waals surface area contributed by atoms with E-state index in [9.17, 15) is 19.2 Å². The number of esters is 4. The van der Waals surface area contributed by atoms with Crippen molar-refractivity contribution in [2.75, 3.05) is 11.5 Å². The van der Waals surface area contributed by atoms with Crippen LogP contribution < -0.4 is 0 Å². The summed E-state index contributed by atoms with van der Waals surface area (Å²) in [7, 11) is 0. The molecule has 0 fully saturated rings. The molecule has 0 aliphatic heterocycles. The van der Waals surface area contributed by atoms with Crippen molar-refractivity contribution in [3.8, 4) is 0 Å². The zero-order valence-electron chi connectivity index (χ0n) is 17.4. The molecular weight excluding hydrogens is 408 g/mol. The molecule has 0 unspecified atom stereocenters. The molecule has 0 radical (unpaired) electrons. The highest BCUT2D eigenvalue weighted by Gasteiger charge is 2.45. The van der Waals surface area contributed by atoms with Gasteiger partial charge in [-0.05, 0) is 18.4 Å². The van der Waals surface area contributed by atoms with Crippen LogP contribution in [-0.4, -0.2) is 64.4 Å². The van der Waals surface area contributed by atoms with E-state index in [0.29, 0.717) is 0 Å². The van der Waals surface area contributed by atoms with Crippen molar-refractivity contribution in [1.82, 2.24) is 0 Å². The van der Waals surface area contributed by atoms with Gasteiger partial charge in [0.25, 0.3) is 0 Å². The van der Waals surface area contributed by atoms with Crippen LogP contribution in [0.2, 0.25) is 0 Å². The van der Waals surface area contributed by atoms with Gasteiger partial charge in [-0.3, -0.25) is 19.2 Å². The highest BCUT2D eigenvalue weighted by Crippen LogP contribution is 2.33. The molecule has 0 saturated heterocycles. The molecule has 0 saturated carbocycles. The Morgan fingerprint density at radius 3 is 1.36 bits per heavy atom. The Kier molecular flexibility index (Phi) is 13.0. The van der Waals surface area contributed by atoms with Crippen molar-refractivity contribution >= 4 is 47.4 Å². The zero-order valence-corrected chi connectivity index (χ0v) is 19.0. The Hall–Kier alpha value is -1.42. The van der Waals surface area contributed by atoms with Gasteiger partial charge in [0, 0.05) is 27.7 Å². The lowest BCUT2D eigenvalue weighted by molar-refractivity contribution is -0.195. The molecule has 10 heteroatoms. The molecule has 0 amide bonds. The van der Waals surface area contributed by atoms with Crippen LogP contribution >= 0.6 is 23.5 Å². The fourth-order valence-corrected chi connectivity index (χ4v) is 5.16. The van der Waals surface area contributed by atoms with Crippen LogP contribution in [0, 0.1) is 0 Å². The minimum absolute atomic E-state index is 0.286. The average Bonchev–Trinajstić information content (AvgIpc) is 2.54. The first kappa shape index (κ1) is 26.6. The number of ether oxygens (including phenoxy) is 4. The topological polar surface area (TPSA) is 105 Å². The number of thioether (sulfide) groups is 2. The number of carbonyl (C=O) groups excluding carboxylic acids is 4. The van der Waals surface area contributed by atoms with Crippen molar-refractivity contribution < 1.29 is 38.1 Å². The molecule has 0 rings (SSSR count). The van der Waals surface area contributed by atoms with E-state index in [1.807, 2.05) is 13.8 Å². The van der Waals surface area contributed by atoms with Crippen LogP contribution in [0.15, 0.2) is 0 Å². The molecule has 0 heterocycles. The molecule has 0 aromatic heterocycles. The van der Waals surface area contributed by atoms with Crippen LogP contribution in [-0.2, 0) is 38.1 Å². The second-order valence-electron chi connectivity index (χ2n) is 5.82. The molecular formula is C18H30O8S2. The van der Waals surface area contributed by atoms with Crippen LogP contribution in [0.5, 0.6) is 0 Å². The largest absolute Gasteiger partial charge is 0.459 e. The second kappa shape index (κ2) is 13.7. The van der Waals surface area contributed by atoms with Gasteiger partial charge in [0.15, 0.2) is 18.3 Å². The Morgan fingerprint density at radius 2 is 1.00 bits per heavy atom. The van der Waals surface area contributed by atoms with E-state index in [1.54, 1.807) is 0 Å².